The monoisotopic (exact) mass is 356 g/mol. The Kier molecular flexibility index (Phi) is 4.79. The summed E-state index contributed by atoms with van der Waals surface area (Å²) < 4.78 is 1.98. The van der Waals surface area contributed by atoms with Crippen molar-refractivity contribution in [3.8, 4) is 11.4 Å². The van der Waals surface area contributed by atoms with E-state index in [4.69, 9.17) is 0 Å². The molecule has 1 aromatic heterocycles. The average molecular weight is 356 g/mol. The van der Waals surface area contributed by atoms with Gasteiger partial charge in [-0.3, -0.25) is 4.79 Å². The minimum Gasteiger partial charge on any atom is -0.336 e. The molecular formula is C19H24N4OS. The fraction of sp³-hybridized carbons (Fsp3) is 0.526. The highest BCUT2D eigenvalue weighted by Gasteiger charge is 2.38. The van der Waals surface area contributed by atoms with Gasteiger partial charge in [-0.1, -0.05) is 54.9 Å². The van der Waals surface area contributed by atoms with Crippen LogP contribution in [-0.2, 0) is 11.8 Å². The second-order valence-electron chi connectivity index (χ2n) is 6.99. The van der Waals surface area contributed by atoms with Gasteiger partial charge in [0.15, 0.2) is 11.0 Å². The van der Waals surface area contributed by atoms with E-state index in [1.807, 2.05) is 41.9 Å². The van der Waals surface area contributed by atoms with Crippen molar-refractivity contribution in [3.63, 3.8) is 0 Å². The summed E-state index contributed by atoms with van der Waals surface area (Å²) in [5.74, 6) is 1.56. The van der Waals surface area contributed by atoms with E-state index in [0.29, 0.717) is 17.8 Å². The first-order chi connectivity index (χ1) is 12.2. The predicted molar refractivity (Wildman–Crippen MR) is 99.3 cm³/mol. The highest BCUT2D eigenvalue weighted by atomic mass is 32.2. The summed E-state index contributed by atoms with van der Waals surface area (Å²) in [7, 11) is 1.96. The van der Waals surface area contributed by atoms with Crippen LogP contribution in [0.15, 0.2) is 35.5 Å². The van der Waals surface area contributed by atoms with E-state index in [9.17, 15) is 4.79 Å². The summed E-state index contributed by atoms with van der Waals surface area (Å²) in [6.07, 6.45) is 7.23. The Morgan fingerprint density at radius 2 is 1.80 bits per heavy atom. The third-order valence-corrected chi connectivity index (χ3v) is 6.14. The van der Waals surface area contributed by atoms with Crippen LogP contribution in [0, 0.1) is 0 Å². The van der Waals surface area contributed by atoms with Crippen LogP contribution in [0.1, 0.15) is 38.5 Å². The molecule has 5 nitrogen and oxygen atoms in total. The molecule has 6 heteroatoms. The van der Waals surface area contributed by atoms with Crippen LogP contribution in [0.2, 0.25) is 0 Å². The Labute approximate surface area is 152 Å². The molecule has 2 aromatic rings. The maximum absolute atomic E-state index is 12.8. The lowest BCUT2D eigenvalue weighted by Gasteiger charge is -2.29. The lowest BCUT2D eigenvalue weighted by Crippen LogP contribution is -2.41. The van der Waals surface area contributed by atoms with Gasteiger partial charge in [0.25, 0.3) is 0 Å². The summed E-state index contributed by atoms with van der Waals surface area (Å²) in [4.78, 5) is 15.0. The van der Waals surface area contributed by atoms with Crippen LogP contribution in [0.3, 0.4) is 0 Å². The maximum Gasteiger partial charge on any atom is 0.233 e. The Hall–Kier alpha value is -1.82. The van der Waals surface area contributed by atoms with E-state index < -0.39 is 0 Å². The van der Waals surface area contributed by atoms with Gasteiger partial charge in [0.05, 0.1) is 5.75 Å². The topological polar surface area (TPSA) is 51.0 Å². The second kappa shape index (κ2) is 7.20. The van der Waals surface area contributed by atoms with Crippen molar-refractivity contribution in [1.29, 1.82) is 0 Å². The Morgan fingerprint density at radius 3 is 2.48 bits per heavy atom. The highest BCUT2D eigenvalue weighted by Crippen LogP contribution is 2.35. The highest BCUT2D eigenvalue weighted by molar-refractivity contribution is 7.99. The van der Waals surface area contributed by atoms with Crippen LogP contribution in [0.25, 0.3) is 11.4 Å². The van der Waals surface area contributed by atoms with Crippen molar-refractivity contribution in [2.45, 2.75) is 55.8 Å². The molecule has 2 aliphatic carbocycles. The van der Waals surface area contributed by atoms with Crippen LogP contribution in [-0.4, -0.2) is 43.4 Å². The number of hydrogen-bond donors (Lipinski definition) is 0. The minimum absolute atomic E-state index is 0.267. The second-order valence-corrected chi connectivity index (χ2v) is 7.93. The molecule has 0 aliphatic heterocycles. The lowest BCUT2D eigenvalue weighted by molar-refractivity contribution is -0.131. The number of rotatable bonds is 6. The number of carbonyl (C=O) groups is 1. The molecule has 25 heavy (non-hydrogen) atoms. The van der Waals surface area contributed by atoms with Crippen molar-refractivity contribution in [2.75, 3.05) is 5.75 Å². The maximum atomic E-state index is 12.8. The van der Waals surface area contributed by atoms with Gasteiger partial charge < -0.3 is 9.47 Å². The van der Waals surface area contributed by atoms with Crippen LogP contribution >= 0.6 is 11.8 Å². The third kappa shape index (κ3) is 3.59. The zero-order valence-electron chi connectivity index (χ0n) is 14.6. The molecule has 0 unspecified atom stereocenters. The summed E-state index contributed by atoms with van der Waals surface area (Å²) >= 11 is 1.50. The van der Waals surface area contributed by atoms with Crippen molar-refractivity contribution in [3.05, 3.63) is 30.3 Å². The smallest absolute Gasteiger partial charge is 0.233 e. The normalized spacial score (nSPS) is 17.8. The molecule has 0 N–H and O–H groups in total. The first-order valence-electron chi connectivity index (χ1n) is 9.13. The SMILES string of the molecule is Cn1c(SCC(=O)N(C2CCCC2)C2CC2)nnc1-c1ccccc1. The number of carbonyl (C=O) groups excluding carboxylic acids is 1. The standard InChI is InChI=1S/C19H24N4OS/c1-22-18(14-7-3-2-4-8-14)20-21-19(22)25-13-17(24)23(16-11-12-16)15-9-5-6-10-15/h2-4,7-8,15-16H,5-6,9-13H2,1H3. The molecule has 0 spiro atoms. The number of nitrogens with zero attached hydrogens (tertiary/aromatic N) is 4. The zero-order chi connectivity index (χ0) is 17.2. The molecule has 2 fully saturated rings. The van der Waals surface area contributed by atoms with E-state index in [1.165, 1.54) is 50.3 Å². The average Bonchev–Trinajstić information content (AvgIpc) is 3.17. The van der Waals surface area contributed by atoms with E-state index >= 15 is 0 Å². The van der Waals surface area contributed by atoms with Crippen LogP contribution in [0.4, 0.5) is 0 Å². The molecule has 132 valence electrons. The van der Waals surface area contributed by atoms with Crippen molar-refractivity contribution < 1.29 is 4.79 Å². The number of hydrogen-bond acceptors (Lipinski definition) is 4. The third-order valence-electron chi connectivity index (χ3n) is 5.14. The molecule has 0 atom stereocenters. The number of benzene rings is 1. The Morgan fingerprint density at radius 1 is 1.12 bits per heavy atom. The molecule has 0 bridgehead atoms. The summed E-state index contributed by atoms with van der Waals surface area (Å²) in [6.45, 7) is 0. The van der Waals surface area contributed by atoms with Gasteiger partial charge in [0.1, 0.15) is 0 Å². The van der Waals surface area contributed by atoms with Crippen LogP contribution < -0.4 is 0 Å². The van der Waals surface area contributed by atoms with E-state index in [0.717, 1.165) is 16.5 Å². The first-order valence-corrected chi connectivity index (χ1v) is 10.1. The molecule has 1 heterocycles. The van der Waals surface area contributed by atoms with Crippen molar-refractivity contribution >= 4 is 17.7 Å². The predicted octanol–water partition coefficient (Wildman–Crippen LogP) is 3.51. The summed E-state index contributed by atoms with van der Waals surface area (Å²) in [5, 5.41) is 9.39. The zero-order valence-corrected chi connectivity index (χ0v) is 15.4. The molecule has 0 saturated heterocycles. The van der Waals surface area contributed by atoms with Crippen molar-refractivity contribution in [2.24, 2.45) is 7.05 Å². The van der Waals surface area contributed by atoms with Gasteiger partial charge in [-0.05, 0) is 25.7 Å². The van der Waals surface area contributed by atoms with Gasteiger partial charge in [-0.25, -0.2) is 0 Å². The molecule has 1 aromatic carbocycles. The quantitative estimate of drug-likeness (QED) is 0.743. The molecule has 4 rings (SSSR count). The molecule has 0 radical (unpaired) electrons. The molecule has 2 saturated carbocycles. The number of amides is 1. The van der Waals surface area contributed by atoms with Gasteiger partial charge in [0.2, 0.25) is 5.91 Å². The van der Waals surface area contributed by atoms with Gasteiger partial charge in [-0.2, -0.15) is 0 Å². The van der Waals surface area contributed by atoms with E-state index in [1.54, 1.807) is 0 Å². The van der Waals surface area contributed by atoms with Crippen molar-refractivity contribution in [1.82, 2.24) is 19.7 Å². The lowest BCUT2D eigenvalue weighted by atomic mass is 10.2. The molecule has 2 aliphatic rings. The fourth-order valence-corrected chi connectivity index (χ4v) is 4.50. The number of thioether (sulfide) groups is 1. The Balaban J connectivity index is 1.42. The minimum atomic E-state index is 0.267. The van der Waals surface area contributed by atoms with Crippen LogP contribution in [0.5, 0.6) is 0 Å². The fourth-order valence-electron chi connectivity index (χ4n) is 3.72. The van der Waals surface area contributed by atoms with E-state index in [-0.39, 0.29) is 5.91 Å². The van der Waals surface area contributed by atoms with Gasteiger partial charge in [0, 0.05) is 24.7 Å². The molecule has 1 amide bonds. The molecular weight excluding hydrogens is 332 g/mol. The van der Waals surface area contributed by atoms with Gasteiger partial charge in [-0.15, -0.1) is 10.2 Å². The summed E-state index contributed by atoms with van der Waals surface area (Å²) in [5.41, 5.74) is 1.04. The first kappa shape index (κ1) is 16.6. The Bertz CT molecular complexity index is 735. The van der Waals surface area contributed by atoms with Gasteiger partial charge >= 0.3 is 0 Å². The summed E-state index contributed by atoms with van der Waals surface area (Å²) in [6, 6.07) is 11.0. The largest absolute Gasteiger partial charge is 0.336 e. The van der Waals surface area contributed by atoms with E-state index in [2.05, 4.69) is 15.1 Å². The number of aromatic nitrogens is 3.